The third-order valence-corrected chi connectivity index (χ3v) is 5.01. The van der Waals surface area contributed by atoms with E-state index in [4.69, 9.17) is 4.74 Å². The van der Waals surface area contributed by atoms with Crippen molar-refractivity contribution in [3.05, 3.63) is 36.9 Å². The van der Waals surface area contributed by atoms with Gasteiger partial charge in [0.25, 0.3) is 0 Å². The van der Waals surface area contributed by atoms with Crippen molar-refractivity contribution in [1.82, 2.24) is 4.31 Å². The molecule has 0 bridgehead atoms. The maximum atomic E-state index is 12.5. The van der Waals surface area contributed by atoms with Crippen molar-refractivity contribution in [3.8, 4) is 0 Å². The Hall–Kier alpha value is -1.37. The van der Waals surface area contributed by atoms with Gasteiger partial charge in [-0.05, 0) is 24.6 Å². The molecule has 5 nitrogen and oxygen atoms in total. The number of hydrogen-bond donors (Lipinski definition) is 1. The first-order valence-corrected chi connectivity index (χ1v) is 8.11. The highest BCUT2D eigenvalue weighted by Crippen LogP contribution is 2.20. The molecular weight excluding hydrogens is 276 g/mol. The van der Waals surface area contributed by atoms with Crippen molar-refractivity contribution in [3.63, 3.8) is 0 Å². The summed E-state index contributed by atoms with van der Waals surface area (Å²) in [5, 5.41) is 3.18. The van der Waals surface area contributed by atoms with Crippen LogP contribution in [0.4, 0.5) is 5.69 Å². The number of benzene rings is 1. The van der Waals surface area contributed by atoms with Crippen LogP contribution >= 0.6 is 0 Å². The van der Waals surface area contributed by atoms with Crippen LogP contribution in [0.15, 0.2) is 41.8 Å². The minimum atomic E-state index is -3.42. The predicted molar refractivity (Wildman–Crippen MR) is 79.3 cm³/mol. The Morgan fingerprint density at radius 3 is 2.80 bits per heavy atom. The second-order valence-electron chi connectivity index (χ2n) is 4.55. The Morgan fingerprint density at radius 1 is 1.35 bits per heavy atom. The SMILES string of the molecule is C=CCCNc1cccc(S(=O)(=O)N2CCOCC2)c1. The summed E-state index contributed by atoms with van der Waals surface area (Å²) in [5.74, 6) is 0. The molecule has 1 aliphatic heterocycles. The van der Waals surface area contributed by atoms with E-state index in [1.165, 1.54) is 4.31 Å². The van der Waals surface area contributed by atoms with Gasteiger partial charge in [0.1, 0.15) is 0 Å². The molecule has 0 spiro atoms. The third kappa shape index (κ3) is 3.59. The Kier molecular flexibility index (Phi) is 5.17. The van der Waals surface area contributed by atoms with Gasteiger partial charge >= 0.3 is 0 Å². The second-order valence-corrected chi connectivity index (χ2v) is 6.49. The van der Waals surface area contributed by atoms with E-state index in [0.29, 0.717) is 31.2 Å². The summed E-state index contributed by atoms with van der Waals surface area (Å²) in [6.45, 7) is 6.13. The van der Waals surface area contributed by atoms with Crippen molar-refractivity contribution in [1.29, 1.82) is 0 Å². The summed E-state index contributed by atoms with van der Waals surface area (Å²) in [5.41, 5.74) is 0.807. The molecule has 1 aromatic carbocycles. The fourth-order valence-corrected chi connectivity index (χ4v) is 3.48. The summed E-state index contributed by atoms with van der Waals surface area (Å²) in [4.78, 5) is 0.322. The van der Waals surface area contributed by atoms with Gasteiger partial charge in [-0.3, -0.25) is 0 Å². The van der Waals surface area contributed by atoms with Crippen molar-refractivity contribution < 1.29 is 13.2 Å². The van der Waals surface area contributed by atoms with Crippen LogP contribution in [0, 0.1) is 0 Å². The molecule has 0 unspecified atom stereocenters. The van der Waals surface area contributed by atoms with Crippen molar-refractivity contribution in [2.75, 3.05) is 38.2 Å². The highest BCUT2D eigenvalue weighted by Gasteiger charge is 2.26. The average Bonchev–Trinajstić information content (AvgIpc) is 2.49. The summed E-state index contributed by atoms with van der Waals surface area (Å²) >= 11 is 0. The van der Waals surface area contributed by atoms with Crippen molar-refractivity contribution in [2.45, 2.75) is 11.3 Å². The standard InChI is InChI=1S/C14H20N2O3S/c1-2-3-7-15-13-5-4-6-14(12-13)20(17,18)16-8-10-19-11-9-16/h2,4-6,12,15H,1,3,7-11H2. The van der Waals surface area contributed by atoms with E-state index >= 15 is 0 Å². The fourth-order valence-electron chi connectivity index (χ4n) is 2.02. The molecule has 20 heavy (non-hydrogen) atoms. The molecule has 1 aliphatic rings. The molecular formula is C14H20N2O3S. The van der Waals surface area contributed by atoms with Gasteiger partial charge in [0, 0.05) is 25.3 Å². The van der Waals surface area contributed by atoms with Crippen LogP contribution in [0.5, 0.6) is 0 Å². The van der Waals surface area contributed by atoms with Gasteiger partial charge in [-0.2, -0.15) is 4.31 Å². The lowest BCUT2D eigenvalue weighted by molar-refractivity contribution is 0.0730. The van der Waals surface area contributed by atoms with Gasteiger partial charge in [-0.1, -0.05) is 12.1 Å². The molecule has 2 rings (SSSR count). The number of nitrogens with zero attached hydrogens (tertiary/aromatic N) is 1. The molecule has 110 valence electrons. The van der Waals surface area contributed by atoms with Gasteiger partial charge in [0.15, 0.2) is 0 Å². The lowest BCUT2D eigenvalue weighted by Crippen LogP contribution is -2.40. The smallest absolute Gasteiger partial charge is 0.243 e. The maximum Gasteiger partial charge on any atom is 0.243 e. The molecule has 6 heteroatoms. The number of sulfonamides is 1. The molecule has 0 saturated carbocycles. The van der Waals surface area contributed by atoms with Gasteiger partial charge < -0.3 is 10.1 Å². The first-order chi connectivity index (χ1) is 9.64. The van der Waals surface area contributed by atoms with Crippen LogP contribution in [0.1, 0.15) is 6.42 Å². The zero-order valence-corrected chi connectivity index (χ0v) is 12.2. The molecule has 1 fully saturated rings. The molecule has 0 amide bonds. The van der Waals surface area contributed by atoms with E-state index < -0.39 is 10.0 Å². The lowest BCUT2D eigenvalue weighted by atomic mass is 10.3. The first kappa shape index (κ1) is 15.0. The van der Waals surface area contributed by atoms with E-state index in [1.54, 1.807) is 18.2 Å². The van der Waals surface area contributed by atoms with Crippen LogP contribution in [-0.2, 0) is 14.8 Å². The van der Waals surface area contributed by atoms with Crippen LogP contribution in [0.3, 0.4) is 0 Å². The predicted octanol–water partition coefficient (Wildman–Crippen LogP) is 1.70. The van der Waals surface area contributed by atoms with Gasteiger partial charge in [0.05, 0.1) is 18.1 Å². The van der Waals surface area contributed by atoms with Gasteiger partial charge in [-0.25, -0.2) is 8.42 Å². The monoisotopic (exact) mass is 296 g/mol. The molecule has 1 N–H and O–H groups in total. The highest BCUT2D eigenvalue weighted by molar-refractivity contribution is 7.89. The average molecular weight is 296 g/mol. The Balaban J connectivity index is 2.14. The minimum Gasteiger partial charge on any atom is -0.385 e. The van der Waals surface area contributed by atoms with E-state index in [2.05, 4.69) is 11.9 Å². The Labute approximate surface area is 120 Å². The van der Waals surface area contributed by atoms with Crippen molar-refractivity contribution in [2.24, 2.45) is 0 Å². The summed E-state index contributed by atoms with van der Waals surface area (Å²) in [6, 6.07) is 6.92. The van der Waals surface area contributed by atoms with E-state index in [-0.39, 0.29) is 0 Å². The highest BCUT2D eigenvalue weighted by atomic mass is 32.2. The van der Waals surface area contributed by atoms with E-state index in [0.717, 1.165) is 18.7 Å². The zero-order valence-electron chi connectivity index (χ0n) is 11.4. The Morgan fingerprint density at radius 2 is 2.10 bits per heavy atom. The number of hydrogen-bond acceptors (Lipinski definition) is 4. The summed E-state index contributed by atoms with van der Waals surface area (Å²) in [7, 11) is -3.42. The molecule has 1 heterocycles. The number of rotatable bonds is 6. The van der Waals surface area contributed by atoms with Gasteiger partial charge in [-0.15, -0.1) is 6.58 Å². The number of nitrogens with one attached hydrogen (secondary N) is 1. The topological polar surface area (TPSA) is 58.6 Å². The first-order valence-electron chi connectivity index (χ1n) is 6.67. The maximum absolute atomic E-state index is 12.5. The molecule has 0 radical (unpaired) electrons. The van der Waals surface area contributed by atoms with Crippen LogP contribution < -0.4 is 5.32 Å². The lowest BCUT2D eigenvalue weighted by Gasteiger charge is -2.26. The minimum absolute atomic E-state index is 0.322. The van der Waals surface area contributed by atoms with E-state index in [1.807, 2.05) is 12.1 Å². The van der Waals surface area contributed by atoms with Gasteiger partial charge in [0.2, 0.25) is 10.0 Å². The summed E-state index contributed by atoms with van der Waals surface area (Å²) < 4.78 is 31.7. The fraction of sp³-hybridized carbons (Fsp3) is 0.429. The normalized spacial score (nSPS) is 16.8. The number of ether oxygens (including phenoxy) is 1. The molecule has 1 saturated heterocycles. The number of anilines is 1. The largest absolute Gasteiger partial charge is 0.385 e. The molecule has 0 atom stereocenters. The molecule has 0 aromatic heterocycles. The third-order valence-electron chi connectivity index (χ3n) is 3.12. The number of morpholine rings is 1. The van der Waals surface area contributed by atoms with Crippen LogP contribution in [0.2, 0.25) is 0 Å². The molecule has 0 aliphatic carbocycles. The molecule has 1 aromatic rings. The van der Waals surface area contributed by atoms with Crippen molar-refractivity contribution >= 4 is 15.7 Å². The Bertz CT molecular complexity index is 551. The quantitative estimate of drug-likeness (QED) is 0.641. The summed E-state index contributed by atoms with van der Waals surface area (Å²) in [6.07, 6.45) is 2.65. The van der Waals surface area contributed by atoms with E-state index in [9.17, 15) is 8.42 Å². The van der Waals surface area contributed by atoms with Crippen LogP contribution in [0.25, 0.3) is 0 Å². The second kappa shape index (κ2) is 6.88. The zero-order chi connectivity index (χ0) is 14.4. The van der Waals surface area contributed by atoms with Crippen LogP contribution in [-0.4, -0.2) is 45.6 Å².